The third-order valence-electron chi connectivity index (χ3n) is 3.69. The Morgan fingerprint density at radius 1 is 0.917 bits per heavy atom. The van der Waals surface area contributed by atoms with Gasteiger partial charge in [0.05, 0.1) is 5.56 Å². The van der Waals surface area contributed by atoms with E-state index in [0.29, 0.717) is 17.1 Å². The summed E-state index contributed by atoms with van der Waals surface area (Å²) in [7, 11) is 0. The SMILES string of the molecule is CSc1ccc(Oc2ccc(-c3c(C)oc(C)cc3=O)cc2)cc1. The van der Waals surface area contributed by atoms with Gasteiger partial charge in [0.1, 0.15) is 23.0 Å². The van der Waals surface area contributed by atoms with Crippen LogP contribution < -0.4 is 10.2 Å². The van der Waals surface area contributed by atoms with Crippen LogP contribution in [0.3, 0.4) is 0 Å². The second kappa shape index (κ2) is 6.97. The van der Waals surface area contributed by atoms with E-state index in [1.807, 2.05) is 54.8 Å². The van der Waals surface area contributed by atoms with E-state index in [1.165, 1.54) is 11.0 Å². The molecule has 3 rings (SSSR count). The molecule has 24 heavy (non-hydrogen) atoms. The smallest absolute Gasteiger partial charge is 0.193 e. The van der Waals surface area contributed by atoms with Gasteiger partial charge in [-0.15, -0.1) is 11.8 Å². The maximum absolute atomic E-state index is 12.2. The molecular weight excluding hydrogens is 320 g/mol. The zero-order chi connectivity index (χ0) is 17.1. The number of rotatable bonds is 4. The van der Waals surface area contributed by atoms with Crippen molar-refractivity contribution in [1.82, 2.24) is 0 Å². The minimum absolute atomic E-state index is 0.0300. The first-order valence-electron chi connectivity index (χ1n) is 7.60. The second-order valence-electron chi connectivity index (χ2n) is 5.45. The number of hydrogen-bond donors (Lipinski definition) is 0. The molecule has 0 aliphatic heterocycles. The van der Waals surface area contributed by atoms with Crippen LogP contribution in [0.25, 0.3) is 11.1 Å². The minimum atomic E-state index is -0.0300. The van der Waals surface area contributed by atoms with Crippen molar-refractivity contribution in [3.8, 4) is 22.6 Å². The van der Waals surface area contributed by atoms with Crippen LogP contribution >= 0.6 is 11.8 Å². The molecule has 3 aromatic rings. The van der Waals surface area contributed by atoms with Crippen LogP contribution in [0, 0.1) is 13.8 Å². The molecule has 0 unspecified atom stereocenters. The van der Waals surface area contributed by atoms with Gasteiger partial charge in [0.15, 0.2) is 5.43 Å². The summed E-state index contributed by atoms with van der Waals surface area (Å²) in [6, 6.07) is 16.9. The lowest BCUT2D eigenvalue weighted by Crippen LogP contribution is -2.06. The van der Waals surface area contributed by atoms with Crippen LogP contribution in [0.4, 0.5) is 0 Å². The lowest BCUT2D eigenvalue weighted by molar-refractivity contribution is 0.481. The summed E-state index contributed by atoms with van der Waals surface area (Å²) in [5.41, 5.74) is 1.39. The highest BCUT2D eigenvalue weighted by atomic mass is 32.2. The topological polar surface area (TPSA) is 39.4 Å². The molecular formula is C20H18O3S. The maximum Gasteiger partial charge on any atom is 0.193 e. The molecule has 0 amide bonds. The summed E-state index contributed by atoms with van der Waals surface area (Å²) in [4.78, 5) is 13.4. The molecule has 0 aliphatic carbocycles. The molecule has 0 fully saturated rings. The first-order chi connectivity index (χ1) is 11.6. The van der Waals surface area contributed by atoms with E-state index >= 15 is 0 Å². The van der Waals surface area contributed by atoms with Crippen LogP contribution in [0.15, 0.2) is 68.7 Å². The van der Waals surface area contributed by atoms with Crippen LogP contribution in [-0.2, 0) is 0 Å². The zero-order valence-corrected chi connectivity index (χ0v) is 14.6. The monoisotopic (exact) mass is 338 g/mol. The lowest BCUT2D eigenvalue weighted by atomic mass is 10.0. The number of aryl methyl sites for hydroxylation is 2. The van der Waals surface area contributed by atoms with Gasteiger partial charge in [0.25, 0.3) is 0 Å². The van der Waals surface area contributed by atoms with Crippen LogP contribution in [0.2, 0.25) is 0 Å². The fourth-order valence-corrected chi connectivity index (χ4v) is 2.98. The summed E-state index contributed by atoms with van der Waals surface area (Å²) in [5, 5.41) is 0. The van der Waals surface area contributed by atoms with E-state index in [0.717, 1.165) is 17.1 Å². The highest BCUT2D eigenvalue weighted by Crippen LogP contribution is 2.27. The predicted molar refractivity (Wildman–Crippen MR) is 98.2 cm³/mol. The maximum atomic E-state index is 12.2. The Morgan fingerprint density at radius 3 is 2.04 bits per heavy atom. The van der Waals surface area contributed by atoms with Gasteiger partial charge in [-0.05, 0) is 62.1 Å². The third kappa shape index (κ3) is 3.54. The molecule has 3 nitrogen and oxygen atoms in total. The summed E-state index contributed by atoms with van der Waals surface area (Å²) in [5.74, 6) is 2.76. The van der Waals surface area contributed by atoms with Crippen LogP contribution in [-0.4, -0.2) is 6.26 Å². The van der Waals surface area contributed by atoms with E-state index < -0.39 is 0 Å². The Hall–Kier alpha value is -2.46. The van der Waals surface area contributed by atoms with Gasteiger partial charge in [-0.25, -0.2) is 0 Å². The molecule has 0 bridgehead atoms. The average Bonchev–Trinajstić information content (AvgIpc) is 2.56. The molecule has 2 aromatic carbocycles. The number of ether oxygens (including phenoxy) is 1. The molecule has 0 spiro atoms. The predicted octanol–water partition coefficient (Wildman–Crippen LogP) is 5.44. The van der Waals surface area contributed by atoms with Gasteiger partial charge in [0.2, 0.25) is 0 Å². The highest BCUT2D eigenvalue weighted by Gasteiger charge is 2.10. The summed E-state index contributed by atoms with van der Waals surface area (Å²) >= 11 is 1.69. The molecule has 122 valence electrons. The Morgan fingerprint density at radius 2 is 1.50 bits per heavy atom. The quantitative estimate of drug-likeness (QED) is 0.594. The number of thioether (sulfide) groups is 1. The molecule has 1 heterocycles. The van der Waals surface area contributed by atoms with Crippen molar-refractivity contribution in [2.75, 3.05) is 6.26 Å². The van der Waals surface area contributed by atoms with Crippen LogP contribution in [0.5, 0.6) is 11.5 Å². The summed E-state index contributed by atoms with van der Waals surface area (Å²) < 4.78 is 11.4. The molecule has 0 radical (unpaired) electrons. The van der Waals surface area contributed by atoms with E-state index in [-0.39, 0.29) is 5.43 Å². The normalized spacial score (nSPS) is 10.6. The van der Waals surface area contributed by atoms with Gasteiger partial charge in [-0.1, -0.05) is 12.1 Å². The van der Waals surface area contributed by atoms with Crippen molar-refractivity contribution in [3.05, 3.63) is 76.3 Å². The van der Waals surface area contributed by atoms with E-state index in [4.69, 9.17) is 9.15 Å². The Kier molecular flexibility index (Phi) is 4.76. The molecule has 0 saturated heterocycles. The minimum Gasteiger partial charge on any atom is -0.466 e. The van der Waals surface area contributed by atoms with Crippen molar-refractivity contribution in [1.29, 1.82) is 0 Å². The zero-order valence-electron chi connectivity index (χ0n) is 13.8. The van der Waals surface area contributed by atoms with Crippen molar-refractivity contribution in [3.63, 3.8) is 0 Å². The van der Waals surface area contributed by atoms with E-state index in [9.17, 15) is 4.79 Å². The van der Waals surface area contributed by atoms with Crippen molar-refractivity contribution < 1.29 is 9.15 Å². The van der Waals surface area contributed by atoms with E-state index in [2.05, 4.69) is 0 Å². The number of benzene rings is 2. The second-order valence-corrected chi connectivity index (χ2v) is 6.33. The van der Waals surface area contributed by atoms with Gasteiger partial charge in [0, 0.05) is 11.0 Å². The van der Waals surface area contributed by atoms with E-state index in [1.54, 1.807) is 25.6 Å². The van der Waals surface area contributed by atoms with Gasteiger partial charge >= 0.3 is 0 Å². The van der Waals surface area contributed by atoms with Crippen molar-refractivity contribution >= 4 is 11.8 Å². The van der Waals surface area contributed by atoms with Gasteiger partial charge in [-0.3, -0.25) is 4.79 Å². The summed E-state index contributed by atoms with van der Waals surface area (Å²) in [6.45, 7) is 3.58. The van der Waals surface area contributed by atoms with Crippen molar-refractivity contribution in [2.45, 2.75) is 18.7 Å². The average molecular weight is 338 g/mol. The standard InChI is InChI=1S/C20H18O3S/c1-13-12-19(21)20(14(2)22-13)15-4-6-16(7-5-15)23-17-8-10-18(24-3)11-9-17/h4-12H,1-3H3. The third-order valence-corrected chi connectivity index (χ3v) is 4.43. The molecule has 0 aliphatic rings. The van der Waals surface area contributed by atoms with Crippen molar-refractivity contribution in [2.24, 2.45) is 0 Å². The summed E-state index contributed by atoms with van der Waals surface area (Å²) in [6.07, 6.45) is 2.04. The van der Waals surface area contributed by atoms with Gasteiger partial charge < -0.3 is 9.15 Å². The van der Waals surface area contributed by atoms with Gasteiger partial charge in [-0.2, -0.15) is 0 Å². The molecule has 0 atom stereocenters. The first kappa shape index (κ1) is 16.4. The Balaban J connectivity index is 1.84. The molecule has 1 aromatic heterocycles. The highest BCUT2D eigenvalue weighted by molar-refractivity contribution is 7.98. The fourth-order valence-electron chi connectivity index (χ4n) is 2.57. The molecule has 4 heteroatoms. The van der Waals surface area contributed by atoms with Crippen LogP contribution in [0.1, 0.15) is 11.5 Å². The fraction of sp³-hybridized carbons (Fsp3) is 0.150. The molecule has 0 N–H and O–H groups in total. The Labute approximate surface area is 145 Å². The number of hydrogen-bond acceptors (Lipinski definition) is 4. The first-order valence-corrected chi connectivity index (χ1v) is 8.83. The Bertz CT molecular complexity index is 894. The molecule has 0 saturated carbocycles. The largest absolute Gasteiger partial charge is 0.466 e. The lowest BCUT2D eigenvalue weighted by Gasteiger charge is -2.08.